The van der Waals surface area contributed by atoms with Gasteiger partial charge >= 0.3 is 6.18 Å². The van der Waals surface area contributed by atoms with Gasteiger partial charge in [-0.2, -0.15) is 13.2 Å². The Kier molecular flexibility index (Phi) is 6.66. The van der Waals surface area contributed by atoms with E-state index in [1.807, 2.05) is 14.1 Å². The van der Waals surface area contributed by atoms with Gasteiger partial charge in [0.2, 0.25) is 0 Å². The van der Waals surface area contributed by atoms with Crippen molar-refractivity contribution in [3.8, 4) is 0 Å². The Balaban J connectivity index is 2.12. The van der Waals surface area contributed by atoms with E-state index < -0.39 is 11.7 Å². The second-order valence-electron chi connectivity index (χ2n) is 6.09. The zero-order chi connectivity index (χ0) is 19.3. The van der Waals surface area contributed by atoms with Crippen LogP contribution in [0.3, 0.4) is 0 Å². The molecule has 1 aromatic heterocycles. The van der Waals surface area contributed by atoms with Crippen molar-refractivity contribution >= 4 is 28.9 Å². The average molecular weight is 388 g/mol. The minimum atomic E-state index is -4.52. The highest BCUT2D eigenvalue weighted by atomic mass is 35.5. The van der Waals surface area contributed by atoms with Crippen LogP contribution in [0.5, 0.6) is 0 Å². The number of nitrogens with one attached hydrogen (secondary N) is 2. The van der Waals surface area contributed by atoms with Gasteiger partial charge in [0, 0.05) is 18.3 Å². The Labute approximate surface area is 155 Å². The fraction of sp³-hybridized carbons (Fsp3) is 0.412. The van der Waals surface area contributed by atoms with Crippen LogP contribution in [0.25, 0.3) is 0 Å². The normalized spacial score (nSPS) is 11.7. The van der Waals surface area contributed by atoms with Gasteiger partial charge < -0.3 is 15.5 Å². The van der Waals surface area contributed by atoms with Crippen LogP contribution in [0.2, 0.25) is 5.02 Å². The first-order valence-corrected chi connectivity index (χ1v) is 8.41. The summed E-state index contributed by atoms with van der Waals surface area (Å²) >= 11 is 5.64. The topological polar surface area (TPSA) is 53.1 Å². The molecule has 1 heterocycles. The van der Waals surface area contributed by atoms with Gasteiger partial charge in [-0.1, -0.05) is 11.6 Å². The third-order valence-corrected chi connectivity index (χ3v) is 3.80. The Bertz CT molecular complexity index is 750. The predicted molar refractivity (Wildman–Crippen MR) is 98.2 cm³/mol. The molecular weight excluding hydrogens is 367 g/mol. The van der Waals surface area contributed by atoms with E-state index in [9.17, 15) is 13.2 Å². The molecule has 26 heavy (non-hydrogen) atoms. The van der Waals surface area contributed by atoms with Crippen molar-refractivity contribution < 1.29 is 13.2 Å². The van der Waals surface area contributed by atoms with Crippen LogP contribution < -0.4 is 10.6 Å². The molecule has 2 rings (SSSR count). The fourth-order valence-electron chi connectivity index (χ4n) is 2.30. The zero-order valence-electron chi connectivity index (χ0n) is 14.8. The molecule has 0 bridgehead atoms. The van der Waals surface area contributed by atoms with Crippen LogP contribution in [-0.4, -0.2) is 42.1 Å². The molecule has 0 radical (unpaired) electrons. The molecule has 0 spiro atoms. The number of rotatable bonds is 7. The molecule has 0 atom stereocenters. The van der Waals surface area contributed by atoms with Crippen molar-refractivity contribution in [3.63, 3.8) is 0 Å². The highest BCUT2D eigenvalue weighted by Crippen LogP contribution is 2.36. The van der Waals surface area contributed by atoms with Crippen LogP contribution in [0.15, 0.2) is 24.3 Å². The lowest BCUT2D eigenvalue weighted by molar-refractivity contribution is -0.137. The number of halogens is 4. The molecule has 0 aliphatic rings. The maximum absolute atomic E-state index is 13.0. The molecule has 1 aromatic carbocycles. The van der Waals surface area contributed by atoms with E-state index in [-0.39, 0.29) is 10.7 Å². The summed E-state index contributed by atoms with van der Waals surface area (Å²) in [4.78, 5) is 10.6. The summed E-state index contributed by atoms with van der Waals surface area (Å²) in [6.45, 7) is 3.39. The second kappa shape index (κ2) is 8.55. The molecule has 0 amide bonds. The van der Waals surface area contributed by atoms with Gasteiger partial charge in [0.15, 0.2) is 0 Å². The lowest BCUT2D eigenvalue weighted by atomic mass is 10.2. The summed E-state index contributed by atoms with van der Waals surface area (Å²) in [7, 11) is 4.00. The zero-order valence-corrected chi connectivity index (χ0v) is 15.5. The predicted octanol–water partition coefficient (Wildman–Crippen LogP) is 4.56. The Morgan fingerprint density at radius 1 is 1.12 bits per heavy atom. The monoisotopic (exact) mass is 387 g/mol. The Morgan fingerprint density at radius 2 is 1.81 bits per heavy atom. The number of alkyl halides is 3. The number of aromatic nitrogens is 2. The van der Waals surface area contributed by atoms with Crippen molar-refractivity contribution in [2.24, 2.45) is 0 Å². The molecule has 0 saturated carbocycles. The van der Waals surface area contributed by atoms with Crippen molar-refractivity contribution in [3.05, 3.63) is 40.7 Å². The van der Waals surface area contributed by atoms with Gasteiger partial charge in [0.05, 0.1) is 10.6 Å². The largest absolute Gasteiger partial charge is 0.417 e. The van der Waals surface area contributed by atoms with E-state index in [1.54, 1.807) is 13.0 Å². The summed E-state index contributed by atoms with van der Waals surface area (Å²) in [5.41, 5.74) is -0.643. The van der Waals surface area contributed by atoms with Gasteiger partial charge in [-0.25, -0.2) is 9.97 Å². The number of hydrogen-bond donors (Lipinski definition) is 2. The highest BCUT2D eigenvalue weighted by Gasteiger charge is 2.33. The van der Waals surface area contributed by atoms with Crippen LogP contribution >= 0.6 is 11.6 Å². The van der Waals surface area contributed by atoms with Crippen molar-refractivity contribution in [2.75, 3.05) is 37.8 Å². The van der Waals surface area contributed by atoms with Gasteiger partial charge in [0.25, 0.3) is 0 Å². The molecule has 2 aromatic rings. The molecule has 2 N–H and O–H groups in total. The van der Waals surface area contributed by atoms with Gasteiger partial charge in [-0.05, 0) is 52.2 Å². The van der Waals surface area contributed by atoms with Gasteiger partial charge in [0.1, 0.15) is 17.5 Å². The minimum absolute atomic E-state index is 0.249. The summed E-state index contributed by atoms with van der Waals surface area (Å²) in [5.74, 6) is 1.53. The summed E-state index contributed by atoms with van der Waals surface area (Å²) in [5, 5.41) is 5.73. The van der Waals surface area contributed by atoms with Crippen LogP contribution in [0.1, 0.15) is 17.8 Å². The summed E-state index contributed by atoms with van der Waals surface area (Å²) in [6.07, 6.45) is -3.58. The number of anilines is 3. The average Bonchev–Trinajstić information content (AvgIpc) is 2.52. The van der Waals surface area contributed by atoms with E-state index in [1.165, 1.54) is 12.1 Å². The third kappa shape index (κ3) is 6.03. The lowest BCUT2D eigenvalue weighted by Gasteiger charge is -2.14. The first-order valence-electron chi connectivity index (χ1n) is 8.03. The Morgan fingerprint density at radius 3 is 2.46 bits per heavy atom. The van der Waals surface area contributed by atoms with E-state index in [4.69, 9.17) is 11.6 Å². The number of nitrogens with zero attached hydrogens (tertiary/aromatic N) is 3. The summed E-state index contributed by atoms with van der Waals surface area (Å²) in [6, 6.07) is 5.30. The first kappa shape index (κ1) is 20.3. The molecule has 142 valence electrons. The van der Waals surface area contributed by atoms with Crippen molar-refractivity contribution in [1.82, 2.24) is 14.9 Å². The quantitative estimate of drug-likeness (QED) is 0.682. The van der Waals surface area contributed by atoms with Gasteiger partial charge in [-0.15, -0.1) is 0 Å². The second-order valence-corrected chi connectivity index (χ2v) is 6.49. The maximum atomic E-state index is 13.0. The third-order valence-electron chi connectivity index (χ3n) is 3.47. The molecule has 0 saturated heterocycles. The van der Waals surface area contributed by atoms with E-state index in [0.29, 0.717) is 17.5 Å². The minimum Gasteiger partial charge on any atom is -0.370 e. The standard InChI is InChI=1S/C17H21ClF3N5/c1-11-23-15(22-7-4-8-26(2)3)10-16(24-11)25-12-5-6-14(18)13(9-12)17(19,20)21/h5-6,9-10H,4,7-8H2,1-3H3,(H2,22,23,24,25). The van der Waals surface area contributed by atoms with Crippen molar-refractivity contribution in [1.29, 1.82) is 0 Å². The maximum Gasteiger partial charge on any atom is 0.417 e. The Hall–Kier alpha value is -2.06. The fourth-order valence-corrected chi connectivity index (χ4v) is 2.53. The van der Waals surface area contributed by atoms with Crippen molar-refractivity contribution in [2.45, 2.75) is 19.5 Å². The smallest absolute Gasteiger partial charge is 0.370 e. The van der Waals surface area contributed by atoms with E-state index in [2.05, 4.69) is 25.5 Å². The molecule has 0 unspecified atom stereocenters. The number of aryl methyl sites for hydroxylation is 1. The molecule has 0 fully saturated rings. The van der Waals surface area contributed by atoms with E-state index >= 15 is 0 Å². The number of hydrogen-bond acceptors (Lipinski definition) is 5. The first-order chi connectivity index (χ1) is 12.1. The highest BCUT2D eigenvalue weighted by molar-refractivity contribution is 6.31. The molecule has 5 nitrogen and oxygen atoms in total. The van der Waals surface area contributed by atoms with E-state index in [0.717, 1.165) is 25.6 Å². The molecule has 0 aliphatic heterocycles. The summed E-state index contributed by atoms with van der Waals surface area (Å²) < 4.78 is 38.9. The molecule has 9 heteroatoms. The van der Waals surface area contributed by atoms with Crippen LogP contribution in [0.4, 0.5) is 30.5 Å². The van der Waals surface area contributed by atoms with Crippen LogP contribution in [0, 0.1) is 6.92 Å². The lowest BCUT2D eigenvalue weighted by Crippen LogP contribution is -2.16. The SMILES string of the molecule is Cc1nc(NCCCN(C)C)cc(Nc2ccc(Cl)c(C(F)(F)F)c2)n1. The van der Waals surface area contributed by atoms with Crippen LogP contribution in [-0.2, 0) is 6.18 Å². The molecular formula is C17H21ClF3N5. The molecule has 0 aliphatic carbocycles. The van der Waals surface area contributed by atoms with Gasteiger partial charge in [-0.3, -0.25) is 0 Å². The number of benzene rings is 1.